The van der Waals surface area contributed by atoms with E-state index >= 15 is 0 Å². The van der Waals surface area contributed by atoms with Crippen LogP contribution in [-0.2, 0) is 0 Å². The van der Waals surface area contributed by atoms with E-state index in [4.69, 9.17) is 4.74 Å². The van der Waals surface area contributed by atoms with Crippen molar-refractivity contribution in [3.8, 4) is 11.6 Å². The summed E-state index contributed by atoms with van der Waals surface area (Å²) in [5.41, 5.74) is -0.0795. The van der Waals surface area contributed by atoms with Gasteiger partial charge in [-0.05, 0) is 41.1 Å². The smallest absolute Gasteiger partial charge is 0.278 e. The summed E-state index contributed by atoms with van der Waals surface area (Å²) in [7, 11) is 0. The predicted molar refractivity (Wildman–Crippen MR) is 87.0 cm³/mol. The van der Waals surface area contributed by atoms with Gasteiger partial charge in [0.1, 0.15) is 11.6 Å². The summed E-state index contributed by atoms with van der Waals surface area (Å²) in [6, 6.07) is 8.02. The summed E-state index contributed by atoms with van der Waals surface area (Å²) < 4.78 is 7.23. The number of aromatic nitrogens is 1. The summed E-state index contributed by atoms with van der Waals surface area (Å²) in [6.07, 6.45) is 0. The van der Waals surface area contributed by atoms with E-state index in [-0.39, 0.29) is 11.6 Å². The summed E-state index contributed by atoms with van der Waals surface area (Å²) in [6.45, 7) is 2.49. The number of pyridine rings is 1. The van der Waals surface area contributed by atoms with Crippen LogP contribution in [0.5, 0.6) is 11.6 Å². The number of hydrogen-bond donors (Lipinski definition) is 1. The molecule has 0 spiro atoms. The highest BCUT2D eigenvalue weighted by Crippen LogP contribution is 2.33. The van der Waals surface area contributed by atoms with Crippen molar-refractivity contribution in [3.05, 3.63) is 49.4 Å². The van der Waals surface area contributed by atoms with Crippen molar-refractivity contribution in [2.45, 2.75) is 6.92 Å². The summed E-state index contributed by atoms with van der Waals surface area (Å²) in [4.78, 5) is 14.7. The summed E-state index contributed by atoms with van der Waals surface area (Å²) >= 11 is 6.71. The third-order valence-corrected chi connectivity index (χ3v) is 3.58. The van der Waals surface area contributed by atoms with Crippen LogP contribution in [0.15, 0.2) is 39.3 Å². The Hall–Kier alpha value is -1.67. The van der Waals surface area contributed by atoms with Gasteiger partial charge in [-0.15, -0.1) is 0 Å². The average molecular weight is 417 g/mol. The molecule has 2 aromatic rings. The highest BCUT2D eigenvalue weighted by molar-refractivity contribution is 9.11. The molecule has 0 aliphatic carbocycles. The molecule has 2 rings (SSSR count). The molecule has 8 heteroatoms. The molecule has 0 saturated heterocycles. The van der Waals surface area contributed by atoms with Gasteiger partial charge in [0, 0.05) is 11.0 Å². The van der Waals surface area contributed by atoms with Crippen molar-refractivity contribution < 1.29 is 9.66 Å². The quantitative estimate of drug-likeness (QED) is 0.562. The number of ether oxygens (including phenoxy) is 1. The molecule has 1 aromatic carbocycles. The highest BCUT2D eigenvalue weighted by atomic mass is 79.9. The lowest BCUT2D eigenvalue weighted by molar-refractivity contribution is -0.384. The molecule has 6 nitrogen and oxygen atoms in total. The van der Waals surface area contributed by atoms with E-state index in [1.54, 1.807) is 6.07 Å². The minimum Gasteiger partial charge on any atom is -0.438 e. The number of hydrogen-bond acceptors (Lipinski definition) is 5. The van der Waals surface area contributed by atoms with Crippen molar-refractivity contribution in [3.63, 3.8) is 0 Å². The van der Waals surface area contributed by atoms with Gasteiger partial charge in [-0.25, -0.2) is 0 Å². The second kappa shape index (κ2) is 6.86. The molecular formula is C13H11Br2N3O3. The van der Waals surface area contributed by atoms with Gasteiger partial charge in [-0.1, -0.05) is 15.9 Å². The maximum Gasteiger partial charge on any atom is 0.278 e. The second-order valence-electron chi connectivity index (χ2n) is 4.01. The zero-order chi connectivity index (χ0) is 15.4. The summed E-state index contributed by atoms with van der Waals surface area (Å²) in [5.74, 6) is 1.08. The molecule has 1 aromatic heterocycles. The van der Waals surface area contributed by atoms with Gasteiger partial charge in [-0.2, -0.15) is 4.98 Å². The first kappa shape index (κ1) is 15.7. The minimum atomic E-state index is -0.480. The molecule has 21 heavy (non-hydrogen) atoms. The van der Waals surface area contributed by atoms with E-state index in [0.29, 0.717) is 18.1 Å². The Kier molecular flexibility index (Phi) is 5.13. The Morgan fingerprint density at radius 3 is 2.71 bits per heavy atom. The number of nitrogens with zero attached hydrogens (tertiary/aromatic N) is 2. The number of nitrogens with one attached hydrogen (secondary N) is 1. The van der Waals surface area contributed by atoms with E-state index in [0.717, 1.165) is 8.95 Å². The van der Waals surface area contributed by atoms with E-state index in [9.17, 15) is 10.1 Å². The number of nitro groups is 1. The van der Waals surface area contributed by atoms with Crippen LogP contribution < -0.4 is 10.1 Å². The van der Waals surface area contributed by atoms with Gasteiger partial charge >= 0.3 is 0 Å². The van der Waals surface area contributed by atoms with Crippen molar-refractivity contribution in [1.29, 1.82) is 0 Å². The Morgan fingerprint density at radius 2 is 2.10 bits per heavy atom. The third kappa shape index (κ3) is 4.15. The van der Waals surface area contributed by atoms with Crippen molar-refractivity contribution in [2.24, 2.45) is 0 Å². The number of halogens is 2. The molecule has 0 amide bonds. The topological polar surface area (TPSA) is 77.3 Å². The molecule has 0 bridgehead atoms. The molecule has 0 aliphatic heterocycles. The molecule has 0 fully saturated rings. The lowest BCUT2D eigenvalue weighted by Gasteiger charge is -2.09. The standard InChI is InChI=1S/C13H11Br2N3O3/c1-2-16-12-6-9(18(19)20)7-13(17-12)21-11-4-3-8(14)5-10(11)15/h3-7H,2H2,1H3,(H,16,17). The van der Waals surface area contributed by atoms with Gasteiger partial charge < -0.3 is 10.1 Å². The van der Waals surface area contributed by atoms with Gasteiger partial charge in [0.05, 0.1) is 21.5 Å². The average Bonchev–Trinajstić information content (AvgIpc) is 2.42. The molecule has 1 heterocycles. The predicted octanol–water partition coefficient (Wildman–Crippen LogP) is 4.74. The highest BCUT2D eigenvalue weighted by Gasteiger charge is 2.13. The van der Waals surface area contributed by atoms with Gasteiger partial charge in [0.15, 0.2) is 0 Å². The van der Waals surface area contributed by atoms with Gasteiger partial charge in [-0.3, -0.25) is 10.1 Å². The van der Waals surface area contributed by atoms with E-state index < -0.39 is 4.92 Å². The fourth-order valence-corrected chi connectivity index (χ4v) is 2.72. The van der Waals surface area contributed by atoms with Gasteiger partial charge in [0.25, 0.3) is 5.69 Å². The van der Waals surface area contributed by atoms with Crippen LogP contribution in [0.25, 0.3) is 0 Å². The second-order valence-corrected chi connectivity index (χ2v) is 5.78. The van der Waals surface area contributed by atoms with Crippen molar-refractivity contribution in [1.82, 2.24) is 4.98 Å². The first-order valence-electron chi connectivity index (χ1n) is 6.03. The molecule has 0 atom stereocenters. The zero-order valence-electron chi connectivity index (χ0n) is 11.0. The molecule has 0 radical (unpaired) electrons. The van der Waals surface area contributed by atoms with E-state index in [1.165, 1.54) is 12.1 Å². The Labute approximate surface area is 137 Å². The maximum atomic E-state index is 11.0. The van der Waals surface area contributed by atoms with Crippen molar-refractivity contribution >= 4 is 43.4 Å². The van der Waals surface area contributed by atoms with Crippen LogP contribution in [0.3, 0.4) is 0 Å². The molecule has 0 saturated carbocycles. The number of anilines is 1. The molecular weight excluding hydrogens is 406 g/mol. The molecule has 0 aliphatic rings. The Balaban J connectivity index is 2.36. The largest absolute Gasteiger partial charge is 0.438 e. The van der Waals surface area contributed by atoms with Crippen molar-refractivity contribution in [2.75, 3.05) is 11.9 Å². The molecule has 0 unspecified atom stereocenters. The van der Waals surface area contributed by atoms with Crippen LogP contribution in [0.4, 0.5) is 11.5 Å². The first-order chi connectivity index (χ1) is 9.99. The maximum absolute atomic E-state index is 11.0. The van der Waals surface area contributed by atoms with Gasteiger partial charge in [0.2, 0.25) is 5.88 Å². The van der Waals surface area contributed by atoms with E-state index in [2.05, 4.69) is 42.2 Å². The fourth-order valence-electron chi connectivity index (χ4n) is 1.59. The first-order valence-corrected chi connectivity index (χ1v) is 7.61. The van der Waals surface area contributed by atoms with Crippen LogP contribution in [0.2, 0.25) is 0 Å². The monoisotopic (exact) mass is 415 g/mol. The molecule has 1 N–H and O–H groups in total. The minimum absolute atomic E-state index is 0.0795. The Bertz CT molecular complexity index is 680. The normalized spacial score (nSPS) is 10.2. The van der Waals surface area contributed by atoms with Crippen LogP contribution in [0.1, 0.15) is 6.92 Å². The summed E-state index contributed by atoms with van der Waals surface area (Å²) in [5, 5.41) is 13.9. The van der Waals surface area contributed by atoms with Crippen LogP contribution >= 0.6 is 31.9 Å². The van der Waals surface area contributed by atoms with Crippen LogP contribution in [-0.4, -0.2) is 16.5 Å². The van der Waals surface area contributed by atoms with Crippen LogP contribution in [0, 0.1) is 10.1 Å². The third-order valence-electron chi connectivity index (χ3n) is 2.46. The fraction of sp³-hybridized carbons (Fsp3) is 0.154. The number of rotatable bonds is 5. The SMILES string of the molecule is CCNc1cc([N+](=O)[O-])cc(Oc2ccc(Br)cc2Br)n1. The van der Waals surface area contributed by atoms with E-state index in [1.807, 2.05) is 19.1 Å². The Morgan fingerprint density at radius 1 is 1.33 bits per heavy atom. The number of benzene rings is 1. The molecule has 110 valence electrons. The lowest BCUT2D eigenvalue weighted by Crippen LogP contribution is -2.02. The lowest BCUT2D eigenvalue weighted by atomic mass is 10.3. The zero-order valence-corrected chi connectivity index (χ0v) is 14.1.